The smallest absolute Gasteiger partial charge is 0.281 e. The Morgan fingerprint density at radius 3 is 2.39 bits per heavy atom. The molecule has 0 fully saturated rings. The summed E-state index contributed by atoms with van der Waals surface area (Å²) in [7, 11) is 0. The molecular weight excluding hydrogens is 528 g/mol. The molecule has 0 spiro atoms. The number of hydrogen-bond donors (Lipinski definition) is 2. The van der Waals surface area contributed by atoms with Crippen molar-refractivity contribution in [1.82, 2.24) is 10.3 Å². The number of halogens is 2. The molecule has 3 rings (SSSR count). The Bertz CT molecular complexity index is 1190. The fraction of sp³-hybridized carbons (Fsp3) is 0.227. The van der Waals surface area contributed by atoms with Crippen LogP contribution in [0.5, 0.6) is 5.75 Å². The summed E-state index contributed by atoms with van der Waals surface area (Å²) in [6, 6.07) is 8.36. The quantitative estimate of drug-likeness (QED) is 0.224. The first-order valence-electron chi connectivity index (χ1n) is 9.76. The van der Waals surface area contributed by atoms with E-state index in [2.05, 4.69) is 10.5 Å². The van der Waals surface area contributed by atoms with Gasteiger partial charge >= 0.3 is 0 Å². The van der Waals surface area contributed by atoms with E-state index in [9.17, 15) is 14.7 Å². The molecule has 33 heavy (non-hydrogen) atoms. The third-order valence-electron chi connectivity index (χ3n) is 4.75. The molecule has 2 aromatic heterocycles. The Morgan fingerprint density at radius 1 is 1.09 bits per heavy atom. The number of carbonyl (C=O) groups excluding carboxylic acids is 2. The summed E-state index contributed by atoms with van der Waals surface area (Å²) >= 11 is 14.5. The maximum atomic E-state index is 12.5. The summed E-state index contributed by atoms with van der Waals surface area (Å²) < 4.78 is 0. The maximum Gasteiger partial charge on any atom is 0.281 e. The Kier molecular flexibility index (Phi) is 11.1. The van der Waals surface area contributed by atoms with Crippen LogP contribution in [0.25, 0.3) is 10.4 Å². The normalized spacial score (nSPS) is 11.1. The van der Waals surface area contributed by atoms with Crippen molar-refractivity contribution in [3.05, 3.63) is 61.1 Å². The van der Waals surface area contributed by atoms with Crippen molar-refractivity contribution in [2.24, 2.45) is 5.10 Å². The molecule has 0 atom stereocenters. The van der Waals surface area contributed by atoms with Gasteiger partial charge in [-0.25, -0.2) is 5.43 Å². The van der Waals surface area contributed by atoms with E-state index in [1.807, 2.05) is 13.8 Å². The summed E-state index contributed by atoms with van der Waals surface area (Å²) in [5.41, 5.74) is 4.16. The first-order valence-corrected chi connectivity index (χ1v) is 12.2. The summed E-state index contributed by atoms with van der Waals surface area (Å²) in [6.45, 7) is 6.71. The van der Waals surface area contributed by atoms with Crippen molar-refractivity contribution in [3.8, 4) is 16.2 Å². The molecule has 3 aromatic rings. The number of hydrogen-bond acceptors (Lipinski definition) is 6. The number of rotatable bonds is 7. The molecule has 169 valence electrons. The number of hydrazone groups is 1. The molecule has 2 amide bonds. The molecule has 0 unspecified atom stereocenters. The minimum absolute atomic E-state index is 0. The molecule has 11 heteroatoms. The molecular formula is C22H21Cl2KN3O3S2. The van der Waals surface area contributed by atoms with Gasteiger partial charge in [-0.2, -0.15) is 5.10 Å². The van der Waals surface area contributed by atoms with Gasteiger partial charge in [0, 0.05) is 69.9 Å². The first-order chi connectivity index (χ1) is 15.3. The van der Waals surface area contributed by atoms with Gasteiger partial charge < -0.3 is 10.0 Å². The Labute approximate surface area is 253 Å². The molecule has 0 saturated carbocycles. The summed E-state index contributed by atoms with van der Waals surface area (Å²) in [6.07, 6.45) is 0. The third-order valence-corrected chi connectivity index (χ3v) is 7.58. The van der Waals surface area contributed by atoms with Crippen LogP contribution in [0.15, 0.2) is 40.8 Å². The molecule has 2 heterocycles. The zero-order valence-electron chi connectivity index (χ0n) is 18.6. The molecule has 2 N–H and O–H groups in total. The predicted octanol–water partition coefficient (Wildman–Crippen LogP) is 5.74. The number of carbonyl (C=O) groups is 2. The standard InChI is InChI=1S/C22H21Cl2N3O3S2.K/c1-4-27(5-2)22(30)18-9-8-17(32-18)21(29)26-25-12(3)14-11-31-20(19(14)28)13-6-7-15(23)16(24)10-13;/h6-11,28H,4-5H2,1-3H3,(H,26,29);. The van der Waals surface area contributed by atoms with Crippen LogP contribution in [-0.2, 0) is 0 Å². The number of nitrogens with zero attached hydrogens (tertiary/aromatic N) is 2. The van der Waals surface area contributed by atoms with E-state index in [-0.39, 0.29) is 63.0 Å². The van der Waals surface area contributed by atoms with Gasteiger partial charge in [0.2, 0.25) is 0 Å². The van der Waals surface area contributed by atoms with Crippen LogP contribution >= 0.6 is 45.9 Å². The molecule has 0 aliphatic rings. The van der Waals surface area contributed by atoms with Gasteiger partial charge in [-0.3, -0.25) is 9.59 Å². The van der Waals surface area contributed by atoms with Crippen LogP contribution < -0.4 is 5.43 Å². The van der Waals surface area contributed by atoms with Crippen molar-refractivity contribution in [2.45, 2.75) is 20.8 Å². The van der Waals surface area contributed by atoms with Crippen LogP contribution in [0.4, 0.5) is 0 Å². The second-order valence-corrected chi connectivity index (χ2v) is 9.51. The van der Waals surface area contributed by atoms with Crippen molar-refractivity contribution in [2.75, 3.05) is 13.1 Å². The van der Waals surface area contributed by atoms with Crippen LogP contribution in [0, 0.1) is 0 Å². The molecule has 1 aromatic carbocycles. The zero-order valence-corrected chi connectivity index (χ0v) is 24.9. The fourth-order valence-corrected chi connectivity index (χ4v) is 5.11. The molecule has 0 saturated heterocycles. The Morgan fingerprint density at radius 2 is 1.76 bits per heavy atom. The predicted molar refractivity (Wildman–Crippen MR) is 138 cm³/mol. The summed E-state index contributed by atoms with van der Waals surface area (Å²) in [5, 5.41) is 17.4. The molecule has 6 nitrogen and oxygen atoms in total. The number of nitrogens with one attached hydrogen (secondary N) is 1. The van der Waals surface area contributed by atoms with Gasteiger partial charge in [0.25, 0.3) is 11.8 Å². The minimum atomic E-state index is -0.424. The van der Waals surface area contributed by atoms with Crippen molar-refractivity contribution in [1.29, 1.82) is 0 Å². The van der Waals surface area contributed by atoms with Crippen LogP contribution in [0.2, 0.25) is 10.0 Å². The van der Waals surface area contributed by atoms with E-state index < -0.39 is 5.91 Å². The molecule has 0 aliphatic carbocycles. The van der Waals surface area contributed by atoms with Crippen LogP contribution in [0.1, 0.15) is 45.7 Å². The van der Waals surface area contributed by atoms with Gasteiger partial charge in [0.15, 0.2) is 0 Å². The van der Waals surface area contributed by atoms with Crippen LogP contribution in [-0.4, -0.2) is 92.0 Å². The Balaban J connectivity index is 0.00000385. The van der Waals surface area contributed by atoms with Gasteiger partial charge in [-0.15, -0.1) is 22.7 Å². The van der Waals surface area contributed by atoms with E-state index in [1.54, 1.807) is 47.5 Å². The van der Waals surface area contributed by atoms with Gasteiger partial charge in [0.05, 0.1) is 36.0 Å². The van der Waals surface area contributed by atoms with Crippen molar-refractivity contribution < 1.29 is 14.7 Å². The van der Waals surface area contributed by atoms with Gasteiger partial charge in [-0.1, -0.05) is 29.3 Å². The van der Waals surface area contributed by atoms with E-state index >= 15 is 0 Å². The topological polar surface area (TPSA) is 82.0 Å². The number of amides is 2. The minimum Gasteiger partial charge on any atom is -0.506 e. The van der Waals surface area contributed by atoms with E-state index in [0.29, 0.717) is 49.0 Å². The number of aromatic hydroxyl groups is 1. The molecule has 0 aliphatic heterocycles. The van der Waals surface area contributed by atoms with E-state index in [1.165, 1.54) is 11.3 Å². The van der Waals surface area contributed by atoms with Crippen LogP contribution in [0.3, 0.4) is 0 Å². The molecule has 1 radical (unpaired) electrons. The third kappa shape index (κ3) is 6.68. The Hall–Kier alpha value is -0.754. The average molecular weight is 550 g/mol. The fourth-order valence-electron chi connectivity index (χ4n) is 2.94. The summed E-state index contributed by atoms with van der Waals surface area (Å²) in [4.78, 5) is 28.1. The van der Waals surface area contributed by atoms with E-state index in [4.69, 9.17) is 23.2 Å². The summed E-state index contributed by atoms with van der Waals surface area (Å²) in [5.74, 6) is -0.476. The van der Waals surface area contributed by atoms with Crippen molar-refractivity contribution >= 4 is 115 Å². The molecule has 0 bridgehead atoms. The van der Waals surface area contributed by atoms with Gasteiger partial charge in [0.1, 0.15) is 5.75 Å². The SMILES string of the molecule is CCN(CC)C(=O)c1ccc(C(=O)NN=C(C)c2csc(-c3ccc(Cl)c(Cl)c3)c2O)s1.[K]. The number of thiophene rings is 2. The largest absolute Gasteiger partial charge is 0.506 e. The maximum absolute atomic E-state index is 12.5. The number of benzene rings is 1. The first kappa shape index (κ1) is 28.5. The van der Waals surface area contributed by atoms with Gasteiger partial charge in [-0.05, 0) is 50.6 Å². The zero-order chi connectivity index (χ0) is 23.4. The monoisotopic (exact) mass is 548 g/mol. The van der Waals surface area contributed by atoms with Crippen molar-refractivity contribution in [3.63, 3.8) is 0 Å². The second-order valence-electron chi connectivity index (χ2n) is 6.74. The average Bonchev–Trinajstić information content (AvgIpc) is 3.42. The van der Waals surface area contributed by atoms with E-state index in [0.717, 1.165) is 16.9 Å². The second kappa shape index (κ2) is 12.8.